The van der Waals surface area contributed by atoms with Crippen molar-refractivity contribution in [1.29, 1.82) is 0 Å². The number of benzene rings is 2. The number of carbonyl (C=O) groups excluding carboxylic acids is 1. The van der Waals surface area contributed by atoms with E-state index in [-0.39, 0.29) is 12.5 Å². The summed E-state index contributed by atoms with van der Waals surface area (Å²) in [6.07, 6.45) is 2.68. The molecule has 28 heavy (non-hydrogen) atoms. The highest BCUT2D eigenvalue weighted by Gasteiger charge is 2.36. The number of para-hydroxylation sites is 1. The number of hydrogen-bond donors (Lipinski definition) is 1. The third-order valence-electron chi connectivity index (χ3n) is 4.83. The summed E-state index contributed by atoms with van der Waals surface area (Å²) in [7, 11) is 0. The molecule has 5 nitrogen and oxygen atoms in total. The first-order valence-corrected chi connectivity index (χ1v) is 9.39. The molecule has 1 amide bonds. The van der Waals surface area contributed by atoms with Gasteiger partial charge in [-0.1, -0.05) is 55.5 Å². The zero-order valence-electron chi connectivity index (χ0n) is 15.7. The predicted molar refractivity (Wildman–Crippen MR) is 108 cm³/mol. The van der Waals surface area contributed by atoms with Gasteiger partial charge in [-0.2, -0.15) is 5.10 Å². The molecule has 1 fully saturated rings. The molecule has 1 aliphatic rings. The average Bonchev–Trinajstić information content (AvgIpc) is 3.27. The first-order chi connectivity index (χ1) is 13.7. The molecule has 1 aromatic heterocycles. The summed E-state index contributed by atoms with van der Waals surface area (Å²) in [6.45, 7) is 2.08. The molecule has 5 heteroatoms. The Hall–Kier alpha value is -3.34. The smallest absolute Gasteiger partial charge is 0.277 e. The summed E-state index contributed by atoms with van der Waals surface area (Å²) >= 11 is 0. The van der Waals surface area contributed by atoms with Crippen molar-refractivity contribution in [3.63, 3.8) is 0 Å². The molecule has 1 aliphatic carbocycles. The Bertz CT molecular complexity index is 978. The number of amides is 1. The fraction of sp³-hybridized carbons (Fsp3) is 0.217. The van der Waals surface area contributed by atoms with Crippen molar-refractivity contribution in [2.24, 2.45) is 11.0 Å². The summed E-state index contributed by atoms with van der Waals surface area (Å²) in [5.41, 5.74) is 4.45. The monoisotopic (exact) mass is 374 g/mol. The van der Waals surface area contributed by atoms with Crippen molar-refractivity contribution in [1.82, 2.24) is 5.43 Å². The maximum Gasteiger partial charge on any atom is 0.277 e. The van der Waals surface area contributed by atoms with Crippen LogP contribution in [-0.2, 0) is 4.79 Å². The number of nitrogens with zero attached hydrogens (tertiary/aromatic N) is 1. The van der Waals surface area contributed by atoms with Gasteiger partial charge in [0.05, 0.1) is 6.21 Å². The molecule has 0 saturated heterocycles. The lowest BCUT2D eigenvalue weighted by molar-refractivity contribution is -0.123. The third kappa shape index (κ3) is 4.31. The van der Waals surface area contributed by atoms with Crippen LogP contribution in [0, 0.1) is 5.92 Å². The van der Waals surface area contributed by atoms with E-state index in [1.165, 1.54) is 12.6 Å². The van der Waals surface area contributed by atoms with Crippen molar-refractivity contribution in [3.8, 4) is 16.9 Å². The second kappa shape index (κ2) is 8.13. The zero-order chi connectivity index (χ0) is 19.3. The molecule has 1 saturated carbocycles. The van der Waals surface area contributed by atoms with Crippen LogP contribution < -0.4 is 10.2 Å². The molecule has 1 heterocycles. The first-order valence-electron chi connectivity index (χ1n) is 9.39. The van der Waals surface area contributed by atoms with Gasteiger partial charge in [0.2, 0.25) is 0 Å². The highest BCUT2D eigenvalue weighted by atomic mass is 16.5. The van der Waals surface area contributed by atoms with Gasteiger partial charge in [-0.25, -0.2) is 5.43 Å². The molecule has 4 rings (SSSR count). The van der Waals surface area contributed by atoms with Gasteiger partial charge in [0.15, 0.2) is 6.61 Å². The SMILES string of the molecule is C[C@@H]1C[C@H]1c1ccc(/C=N\NC(=O)COc2ccccc2-c2ccccc2)o1. The summed E-state index contributed by atoms with van der Waals surface area (Å²) in [5, 5.41) is 3.95. The molecule has 2 aromatic carbocycles. The van der Waals surface area contributed by atoms with Crippen molar-refractivity contribution >= 4 is 12.1 Å². The molecule has 142 valence electrons. The molecule has 0 aliphatic heterocycles. The van der Waals surface area contributed by atoms with Crippen molar-refractivity contribution < 1.29 is 13.9 Å². The van der Waals surface area contributed by atoms with E-state index in [4.69, 9.17) is 9.15 Å². The minimum atomic E-state index is -0.332. The van der Waals surface area contributed by atoms with Crippen LogP contribution in [0.1, 0.15) is 30.8 Å². The Kier molecular flexibility index (Phi) is 5.24. The first kappa shape index (κ1) is 18.0. The van der Waals surface area contributed by atoms with Crippen LogP contribution in [0.2, 0.25) is 0 Å². The minimum Gasteiger partial charge on any atom is -0.483 e. The highest BCUT2D eigenvalue weighted by molar-refractivity contribution is 5.81. The van der Waals surface area contributed by atoms with Crippen molar-refractivity contribution in [2.75, 3.05) is 6.61 Å². The summed E-state index contributed by atoms with van der Waals surface area (Å²) in [6, 6.07) is 21.4. The van der Waals surface area contributed by atoms with E-state index in [0.717, 1.165) is 16.9 Å². The largest absolute Gasteiger partial charge is 0.483 e. The third-order valence-corrected chi connectivity index (χ3v) is 4.83. The Morgan fingerprint density at radius 1 is 1.14 bits per heavy atom. The Morgan fingerprint density at radius 3 is 2.68 bits per heavy atom. The molecule has 0 bridgehead atoms. The molecule has 3 aromatic rings. The Balaban J connectivity index is 1.31. The standard InChI is InChI=1S/C23H22N2O3/c1-16-13-20(16)22-12-11-18(28-22)14-24-25-23(26)15-27-21-10-6-5-9-19(21)17-7-3-2-4-8-17/h2-12,14,16,20H,13,15H2,1H3,(H,25,26)/b24-14-/t16-,20-/m1/s1. The average molecular weight is 374 g/mol. The summed E-state index contributed by atoms with van der Waals surface area (Å²) in [4.78, 5) is 12.0. The fourth-order valence-electron chi connectivity index (χ4n) is 3.15. The van der Waals surface area contributed by atoms with Crippen molar-refractivity contribution in [3.05, 3.63) is 78.3 Å². The Morgan fingerprint density at radius 2 is 1.89 bits per heavy atom. The number of nitrogens with one attached hydrogen (secondary N) is 1. The number of hydrazone groups is 1. The van der Waals surface area contributed by atoms with Gasteiger partial charge in [0, 0.05) is 11.5 Å². The van der Waals surface area contributed by atoms with Crippen LogP contribution in [0.3, 0.4) is 0 Å². The summed E-state index contributed by atoms with van der Waals surface area (Å²) < 4.78 is 11.4. The van der Waals surface area contributed by atoms with E-state index in [9.17, 15) is 4.79 Å². The van der Waals surface area contributed by atoms with Gasteiger partial charge in [0.25, 0.3) is 5.91 Å². The molecular weight excluding hydrogens is 352 g/mol. The number of hydrogen-bond acceptors (Lipinski definition) is 4. The topological polar surface area (TPSA) is 63.8 Å². The predicted octanol–water partition coefficient (Wildman–Crippen LogP) is 4.60. The lowest BCUT2D eigenvalue weighted by Gasteiger charge is -2.10. The molecule has 1 N–H and O–H groups in total. The van der Waals surface area contributed by atoms with Gasteiger partial charge in [-0.15, -0.1) is 0 Å². The second-order valence-electron chi connectivity index (χ2n) is 7.00. The van der Waals surface area contributed by atoms with Crippen molar-refractivity contribution in [2.45, 2.75) is 19.3 Å². The Labute approximate surface area is 164 Å². The number of carbonyl (C=O) groups is 1. The number of rotatable bonds is 7. The van der Waals surface area contributed by atoms with Gasteiger partial charge >= 0.3 is 0 Å². The molecule has 0 unspecified atom stereocenters. The maximum absolute atomic E-state index is 12.0. The van der Waals surface area contributed by atoms with Crippen LogP contribution in [0.25, 0.3) is 11.1 Å². The number of ether oxygens (including phenoxy) is 1. The zero-order valence-corrected chi connectivity index (χ0v) is 15.7. The molecule has 2 atom stereocenters. The van der Waals surface area contributed by atoms with Gasteiger partial charge < -0.3 is 9.15 Å². The minimum absolute atomic E-state index is 0.121. The number of furan rings is 1. The van der Waals surface area contributed by atoms with E-state index in [2.05, 4.69) is 17.5 Å². The lowest BCUT2D eigenvalue weighted by atomic mass is 10.1. The van der Waals surface area contributed by atoms with E-state index < -0.39 is 0 Å². The second-order valence-corrected chi connectivity index (χ2v) is 7.00. The molecule has 0 radical (unpaired) electrons. The van der Waals surface area contributed by atoms with E-state index in [1.807, 2.05) is 66.7 Å². The van der Waals surface area contributed by atoms with Crippen LogP contribution in [0.5, 0.6) is 5.75 Å². The van der Waals surface area contributed by atoms with Crippen LogP contribution in [0.4, 0.5) is 0 Å². The van der Waals surface area contributed by atoms with Gasteiger partial charge in [0.1, 0.15) is 17.3 Å². The van der Waals surface area contributed by atoms with Gasteiger partial charge in [-0.05, 0) is 36.1 Å². The molecular formula is C23H22N2O3. The maximum atomic E-state index is 12.0. The van der Waals surface area contributed by atoms with E-state index >= 15 is 0 Å². The highest BCUT2D eigenvalue weighted by Crippen LogP contribution is 2.47. The van der Waals surface area contributed by atoms with Gasteiger partial charge in [-0.3, -0.25) is 4.79 Å². The van der Waals surface area contributed by atoms with E-state index in [1.54, 1.807) is 0 Å². The van der Waals surface area contributed by atoms with Crippen LogP contribution in [0.15, 0.2) is 76.2 Å². The summed E-state index contributed by atoms with van der Waals surface area (Å²) in [5.74, 6) is 3.15. The lowest BCUT2D eigenvalue weighted by Crippen LogP contribution is -2.24. The normalized spacial score (nSPS) is 18.2. The molecule has 0 spiro atoms. The van der Waals surface area contributed by atoms with E-state index in [0.29, 0.717) is 23.3 Å². The van der Waals surface area contributed by atoms with Crippen LogP contribution in [-0.4, -0.2) is 18.7 Å². The van der Waals surface area contributed by atoms with Crippen LogP contribution >= 0.6 is 0 Å². The fourth-order valence-corrected chi connectivity index (χ4v) is 3.15. The quantitative estimate of drug-likeness (QED) is 0.486.